The van der Waals surface area contributed by atoms with Gasteiger partial charge in [0, 0.05) is 6.08 Å². The van der Waals surface area contributed by atoms with Crippen molar-refractivity contribution in [2.24, 2.45) is 0 Å². The molecule has 9 heteroatoms. The van der Waals surface area contributed by atoms with E-state index in [-0.39, 0.29) is 0 Å². The summed E-state index contributed by atoms with van der Waals surface area (Å²) in [6.45, 7) is 24.9. The summed E-state index contributed by atoms with van der Waals surface area (Å²) in [4.78, 5) is 12.2. The molecule has 0 fully saturated rings. The largest absolute Gasteiger partial charge is 0.720 e. The van der Waals surface area contributed by atoms with E-state index in [0.717, 1.165) is 0 Å². The number of allylic oxidation sites excluding steroid dienone is 1. The van der Waals surface area contributed by atoms with Gasteiger partial charge in [0.25, 0.3) is 0 Å². The van der Waals surface area contributed by atoms with Gasteiger partial charge in [0.15, 0.2) is 0 Å². The van der Waals surface area contributed by atoms with E-state index >= 15 is 0 Å². The fourth-order valence-corrected chi connectivity index (χ4v) is 12.7. The smallest absolute Gasteiger partial charge is 0.450 e. The maximum atomic E-state index is 12.2. The summed E-state index contributed by atoms with van der Waals surface area (Å²) >= 11 is 0. The molecule has 0 aromatic rings. The zero-order valence-electron chi connectivity index (χ0n) is 16.5. The molecule has 0 aliphatic carbocycles. The molecular formula is C16H32O5Si4. The first kappa shape index (κ1) is 24.2. The molecule has 0 heterocycles. The van der Waals surface area contributed by atoms with Crippen LogP contribution < -0.4 is 0 Å². The summed E-state index contributed by atoms with van der Waals surface area (Å²) in [5, 5.41) is 0. The molecular weight excluding hydrogens is 385 g/mol. The predicted octanol–water partition coefficient (Wildman–Crippen LogP) is 4.38. The SMILES string of the molecule is C=C[Si](C)(C)O[Si](OC(=O)C=CC)(O[Si](C)(C)C=C)O[Si](C)(C)C=C. The van der Waals surface area contributed by atoms with Gasteiger partial charge in [0.2, 0.25) is 25.0 Å². The van der Waals surface area contributed by atoms with Crippen LogP contribution in [0.5, 0.6) is 0 Å². The van der Waals surface area contributed by atoms with Crippen molar-refractivity contribution in [2.45, 2.75) is 46.2 Å². The molecule has 0 aromatic heterocycles. The van der Waals surface area contributed by atoms with Gasteiger partial charge in [-0.25, -0.2) is 4.79 Å². The van der Waals surface area contributed by atoms with Crippen molar-refractivity contribution >= 4 is 40.0 Å². The Kier molecular flexibility index (Phi) is 8.91. The zero-order chi connectivity index (χ0) is 19.9. The van der Waals surface area contributed by atoms with Crippen LogP contribution in [0.1, 0.15) is 6.92 Å². The zero-order valence-corrected chi connectivity index (χ0v) is 20.5. The Balaban J connectivity index is 6.16. The van der Waals surface area contributed by atoms with Gasteiger partial charge in [0.1, 0.15) is 0 Å². The van der Waals surface area contributed by atoms with Crippen LogP contribution in [0.2, 0.25) is 39.3 Å². The number of hydrogen-bond acceptors (Lipinski definition) is 5. The maximum Gasteiger partial charge on any atom is 0.720 e. The van der Waals surface area contributed by atoms with Gasteiger partial charge >= 0.3 is 15.0 Å². The molecule has 0 unspecified atom stereocenters. The van der Waals surface area contributed by atoms with E-state index in [1.54, 1.807) is 30.1 Å². The highest BCUT2D eigenvalue weighted by Crippen LogP contribution is 2.28. The lowest BCUT2D eigenvalue weighted by atomic mass is 10.5. The van der Waals surface area contributed by atoms with E-state index in [4.69, 9.17) is 16.8 Å². The second kappa shape index (κ2) is 9.21. The number of hydrogen-bond donors (Lipinski definition) is 0. The number of rotatable bonds is 11. The minimum atomic E-state index is -3.79. The Bertz CT molecular complexity index is 486. The molecule has 0 aliphatic rings. The quantitative estimate of drug-likeness (QED) is 0.369. The molecule has 25 heavy (non-hydrogen) atoms. The Labute approximate surface area is 156 Å². The molecule has 0 amide bonds. The van der Waals surface area contributed by atoms with Crippen molar-refractivity contribution in [3.63, 3.8) is 0 Å². The summed E-state index contributed by atoms with van der Waals surface area (Å²) in [5.74, 6) is -0.550. The van der Waals surface area contributed by atoms with Gasteiger partial charge in [-0.05, 0) is 46.2 Å². The van der Waals surface area contributed by atoms with E-state index in [1.165, 1.54) is 6.08 Å². The lowest BCUT2D eigenvalue weighted by Gasteiger charge is -2.40. The van der Waals surface area contributed by atoms with Crippen molar-refractivity contribution in [1.82, 2.24) is 0 Å². The highest BCUT2D eigenvalue weighted by molar-refractivity contribution is 6.92. The van der Waals surface area contributed by atoms with Crippen molar-refractivity contribution in [2.75, 3.05) is 0 Å². The molecule has 0 saturated heterocycles. The van der Waals surface area contributed by atoms with Crippen molar-refractivity contribution in [3.8, 4) is 0 Å². The first-order valence-corrected chi connectivity index (χ1v) is 18.7. The minimum Gasteiger partial charge on any atom is -0.450 e. The molecule has 0 saturated carbocycles. The Morgan fingerprint density at radius 2 is 1.08 bits per heavy atom. The third-order valence-electron chi connectivity index (χ3n) is 3.17. The second-order valence-electron chi connectivity index (χ2n) is 7.15. The molecule has 0 rings (SSSR count). The van der Waals surface area contributed by atoms with E-state index in [0.29, 0.717) is 0 Å². The number of carbonyl (C=O) groups excluding carboxylic acids is 1. The highest BCUT2D eigenvalue weighted by Gasteiger charge is 2.57. The van der Waals surface area contributed by atoms with Crippen LogP contribution in [0.15, 0.2) is 49.0 Å². The van der Waals surface area contributed by atoms with Crippen LogP contribution in [0.3, 0.4) is 0 Å². The maximum absolute atomic E-state index is 12.2. The fraction of sp³-hybridized carbons (Fsp3) is 0.438. The van der Waals surface area contributed by atoms with Gasteiger partial charge < -0.3 is 16.8 Å². The van der Waals surface area contributed by atoms with Gasteiger partial charge in [-0.2, -0.15) is 0 Å². The molecule has 0 aromatic carbocycles. The average Bonchev–Trinajstić information content (AvgIpc) is 2.45. The molecule has 0 spiro atoms. The molecule has 0 bridgehead atoms. The lowest BCUT2D eigenvalue weighted by molar-refractivity contribution is -0.134. The summed E-state index contributed by atoms with van der Waals surface area (Å²) in [6, 6.07) is 0. The predicted molar refractivity (Wildman–Crippen MR) is 113 cm³/mol. The highest BCUT2D eigenvalue weighted by atomic mass is 28.5. The van der Waals surface area contributed by atoms with Crippen LogP contribution in [-0.2, 0) is 21.6 Å². The normalized spacial score (nSPS) is 13.6. The molecule has 5 nitrogen and oxygen atoms in total. The lowest BCUT2D eigenvalue weighted by Crippen LogP contribution is -2.63. The summed E-state index contributed by atoms with van der Waals surface area (Å²) in [6.07, 6.45) is 2.93. The van der Waals surface area contributed by atoms with Crippen molar-refractivity contribution in [1.29, 1.82) is 0 Å². The second-order valence-corrected chi connectivity index (χ2v) is 21.6. The molecule has 0 atom stereocenters. The molecule has 0 aliphatic heterocycles. The monoisotopic (exact) mass is 416 g/mol. The van der Waals surface area contributed by atoms with Crippen LogP contribution in [0.4, 0.5) is 0 Å². The Hall–Kier alpha value is -0.822. The minimum absolute atomic E-state index is 0.550. The summed E-state index contributed by atoms with van der Waals surface area (Å²) in [7, 11) is -10.9. The fourth-order valence-electron chi connectivity index (χ4n) is 1.51. The van der Waals surface area contributed by atoms with E-state index in [2.05, 4.69) is 19.7 Å². The van der Waals surface area contributed by atoms with Gasteiger partial charge in [0.05, 0.1) is 0 Å². The van der Waals surface area contributed by atoms with Gasteiger partial charge in [-0.1, -0.05) is 23.2 Å². The van der Waals surface area contributed by atoms with Gasteiger partial charge in [-0.3, -0.25) is 0 Å². The Morgan fingerprint density at radius 1 is 0.760 bits per heavy atom. The van der Waals surface area contributed by atoms with Crippen LogP contribution in [0.25, 0.3) is 0 Å². The third-order valence-corrected chi connectivity index (χ3v) is 15.9. The van der Waals surface area contributed by atoms with Crippen LogP contribution in [0, 0.1) is 0 Å². The Morgan fingerprint density at radius 3 is 1.32 bits per heavy atom. The standard InChI is InChI=1S/C16H32O5Si4/c1-11-15-16(17)18-25(19-22(5,6)12-2,20-23(7,8)13-3)21-24(9,10)14-4/h11-15H,2-4H2,1,5-10H3. The topological polar surface area (TPSA) is 54.0 Å². The van der Waals surface area contributed by atoms with Crippen LogP contribution >= 0.6 is 0 Å². The first-order chi connectivity index (χ1) is 11.3. The average molecular weight is 417 g/mol. The van der Waals surface area contributed by atoms with Gasteiger partial charge in [-0.15, -0.1) is 19.7 Å². The van der Waals surface area contributed by atoms with Crippen molar-refractivity contribution in [3.05, 3.63) is 49.0 Å². The van der Waals surface area contributed by atoms with Crippen LogP contribution in [-0.4, -0.2) is 40.0 Å². The molecule has 0 N–H and O–H groups in total. The molecule has 142 valence electrons. The first-order valence-electron chi connectivity index (χ1n) is 8.13. The number of carbonyl (C=O) groups is 1. The summed E-state index contributed by atoms with van der Waals surface area (Å²) in [5.41, 5.74) is 5.28. The van der Waals surface area contributed by atoms with E-state index in [9.17, 15) is 4.79 Å². The van der Waals surface area contributed by atoms with E-state index in [1.807, 2.05) is 39.3 Å². The van der Waals surface area contributed by atoms with E-state index < -0.39 is 40.0 Å². The summed E-state index contributed by atoms with van der Waals surface area (Å²) < 4.78 is 24.5. The third kappa shape index (κ3) is 8.90. The molecule has 0 radical (unpaired) electrons. The van der Waals surface area contributed by atoms with Crippen molar-refractivity contribution < 1.29 is 21.6 Å².